The van der Waals surface area contributed by atoms with Crippen LogP contribution in [0, 0.1) is 17.7 Å². The molecule has 1 aliphatic heterocycles. The average Bonchev–Trinajstić information content (AvgIpc) is 2.45. The van der Waals surface area contributed by atoms with Crippen molar-refractivity contribution < 1.29 is 9.13 Å². The van der Waals surface area contributed by atoms with E-state index in [-0.39, 0.29) is 18.0 Å². The van der Waals surface area contributed by atoms with Crippen molar-refractivity contribution in [3.63, 3.8) is 0 Å². The van der Waals surface area contributed by atoms with Crippen LogP contribution in [0.15, 0.2) is 18.2 Å². The summed E-state index contributed by atoms with van der Waals surface area (Å²) in [5.74, 6) is 1.93. The summed E-state index contributed by atoms with van der Waals surface area (Å²) in [6.07, 6.45) is 6.34. The highest BCUT2D eigenvalue weighted by molar-refractivity contribution is 5.38. The average molecular weight is 277 g/mol. The monoisotopic (exact) mass is 277 g/mol. The molecule has 2 nitrogen and oxygen atoms in total. The van der Waals surface area contributed by atoms with Gasteiger partial charge >= 0.3 is 0 Å². The fourth-order valence-corrected chi connectivity index (χ4v) is 3.85. The lowest BCUT2D eigenvalue weighted by molar-refractivity contribution is 0.0623. The maximum Gasteiger partial charge on any atom is 0.127 e. The molecule has 4 unspecified atom stereocenters. The van der Waals surface area contributed by atoms with Crippen molar-refractivity contribution in [2.45, 2.75) is 51.2 Å². The Kier molecular flexibility index (Phi) is 3.97. The molecular weight excluding hydrogens is 253 g/mol. The predicted molar refractivity (Wildman–Crippen MR) is 78.4 cm³/mol. The van der Waals surface area contributed by atoms with Gasteiger partial charge in [0, 0.05) is 24.1 Å². The number of nitrogens with one attached hydrogen (secondary N) is 1. The van der Waals surface area contributed by atoms with Crippen molar-refractivity contribution in [2.75, 3.05) is 7.05 Å². The molecule has 0 bridgehead atoms. The van der Waals surface area contributed by atoms with Gasteiger partial charge in [-0.05, 0) is 37.8 Å². The van der Waals surface area contributed by atoms with Crippen molar-refractivity contribution in [2.24, 2.45) is 11.8 Å². The van der Waals surface area contributed by atoms with Gasteiger partial charge in [-0.15, -0.1) is 0 Å². The Morgan fingerprint density at radius 3 is 2.85 bits per heavy atom. The molecular formula is C17H24FNO. The van der Waals surface area contributed by atoms with Crippen LogP contribution in [-0.2, 0) is 0 Å². The van der Waals surface area contributed by atoms with Crippen molar-refractivity contribution >= 4 is 0 Å². The van der Waals surface area contributed by atoms with E-state index in [0.29, 0.717) is 5.92 Å². The Bertz CT molecular complexity index is 476. The van der Waals surface area contributed by atoms with Crippen molar-refractivity contribution in [1.29, 1.82) is 0 Å². The minimum atomic E-state index is -0.212. The number of rotatable bonds is 2. The first-order chi connectivity index (χ1) is 9.67. The molecule has 1 aromatic rings. The molecule has 0 aromatic heterocycles. The van der Waals surface area contributed by atoms with Crippen LogP contribution in [0.2, 0.25) is 0 Å². The number of halogens is 1. The van der Waals surface area contributed by atoms with Gasteiger partial charge in [0.15, 0.2) is 0 Å². The zero-order valence-electron chi connectivity index (χ0n) is 12.4. The zero-order chi connectivity index (χ0) is 14.1. The molecule has 0 saturated heterocycles. The standard InChI is InChI=1S/C17H24FNO/c1-11-4-3-5-12(8-11)16-10-15(19-2)14-7-6-13(18)9-17(14)20-16/h6-7,9,11-12,15-16,19H,3-5,8,10H2,1-2H3. The van der Waals surface area contributed by atoms with E-state index in [1.54, 1.807) is 0 Å². The van der Waals surface area contributed by atoms with Gasteiger partial charge in [-0.2, -0.15) is 0 Å². The quantitative estimate of drug-likeness (QED) is 0.880. The number of ether oxygens (including phenoxy) is 1. The molecule has 1 aliphatic carbocycles. The second kappa shape index (κ2) is 5.72. The molecule has 1 saturated carbocycles. The van der Waals surface area contributed by atoms with Gasteiger partial charge in [0.2, 0.25) is 0 Å². The summed E-state index contributed by atoms with van der Waals surface area (Å²) in [5.41, 5.74) is 1.09. The van der Waals surface area contributed by atoms with Gasteiger partial charge in [0.05, 0.1) is 0 Å². The fourth-order valence-electron chi connectivity index (χ4n) is 3.85. The Labute approximate surface area is 120 Å². The van der Waals surface area contributed by atoms with Crippen molar-refractivity contribution in [3.8, 4) is 5.75 Å². The molecule has 0 radical (unpaired) electrons. The van der Waals surface area contributed by atoms with E-state index >= 15 is 0 Å². The van der Waals surface area contributed by atoms with Gasteiger partial charge < -0.3 is 10.1 Å². The van der Waals surface area contributed by atoms with Crippen LogP contribution in [0.4, 0.5) is 4.39 Å². The summed E-state index contributed by atoms with van der Waals surface area (Å²) < 4.78 is 19.6. The first-order valence-electron chi connectivity index (χ1n) is 7.80. The molecule has 1 N–H and O–H groups in total. The lowest BCUT2D eigenvalue weighted by atomic mass is 9.77. The molecule has 20 heavy (non-hydrogen) atoms. The van der Waals surface area contributed by atoms with E-state index in [4.69, 9.17) is 4.74 Å². The Hall–Kier alpha value is -1.09. The van der Waals surface area contributed by atoms with Crippen LogP contribution >= 0.6 is 0 Å². The Morgan fingerprint density at radius 1 is 1.25 bits per heavy atom. The minimum absolute atomic E-state index is 0.212. The molecule has 4 atom stereocenters. The second-order valence-electron chi connectivity index (χ2n) is 6.45. The maximum atomic E-state index is 13.5. The van der Waals surface area contributed by atoms with E-state index in [2.05, 4.69) is 12.2 Å². The van der Waals surface area contributed by atoms with Crippen LogP contribution in [0.5, 0.6) is 5.75 Å². The van der Waals surface area contributed by atoms with E-state index in [1.807, 2.05) is 13.1 Å². The SMILES string of the molecule is CNC1CC(C2CCCC(C)C2)Oc2cc(F)ccc21. The topological polar surface area (TPSA) is 21.3 Å². The first kappa shape index (κ1) is 13.9. The third-order valence-electron chi connectivity index (χ3n) is 4.95. The van der Waals surface area contributed by atoms with Gasteiger partial charge in [-0.1, -0.05) is 25.8 Å². The molecule has 0 spiro atoms. The summed E-state index contributed by atoms with van der Waals surface area (Å²) >= 11 is 0. The lowest BCUT2D eigenvalue weighted by Crippen LogP contribution is -2.38. The highest BCUT2D eigenvalue weighted by Gasteiger charge is 2.34. The van der Waals surface area contributed by atoms with Gasteiger partial charge in [-0.3, -0.25) is 0 Å². The van der Waals surface area contributed by atoms with Crippen LogP contribution in [0.3, 0.4) is 0 Å². The summed E-state index contributed by atoms with van der Waals surface area (Å²) in [4.78, 5) is 0. The summed E-state index contributed by atoms with van der Waals surface area (Å²) in [5, 5.41) is 3.36. The van der Waals surface area contributed by atoms with Crippen molar-refractivity contribution in [1.82, 2.24) is 5.32 Å². The molecule has 110 valence electrons. The second-order valence-corrected chi connectivity index (χ2v) is 6.45. The molecule has 1 aromatic carbocycles. The number of hydrogen-bond acceptors (Lipinski definition) is 2. The lowest BCUT2D eigenvalue weighted by Gasteiger charge is -2.39. The van der Waals surface area contributed by atoms with Crippen molar-refractivity contribution in [3.05, 3.63) is 29.6 Å². The van der Waals surface area contributed by atoms with Gasteiger partial charge in [0.25, 0.3) is 0 Å². The van der Waals surface area contributed by atoms with Crippen LogP contribution in [-0.4, -0.2) is 13.2 Å². The van der Waals surface area contributed by atoms with E-state index in [1.165, 1.54) is 37.8 Å². The van der Waals surface area contributed by atoms with Crippen LogP contribution < -0.4 is 10.1 Å². The normalized spacial score (nSPS) is 33.4. The summed E-state index contributed by atoms with van der Waals surface area (Å²) in [7, 11) is 1.98. The third-order valence-corrected chi connectivity index (χ3v) is 4.95. The summed E-state index contributed by atoms with van der Waals surface area (Å²) in [6.45, 7) is 2.33. The smallest absolute Gasteiger partial charge is 0.127 e. The highest BCUT2D eigenvalue weighted by Crippen LogP contribution is 2.41. The fraction of sp³-hybridized carbons (Fsp3) is 0.647. The third kappa shape index (κ3) is 2.69. The van der Waals surface area contributed by atoms with E-state index in [0.717, 1.165) is 23.7 Å². The Morgan fingerprint density at radius 2 is 2.10 bits per heavy atom. The number of benzene rings is 1. The zero-order valence-corrected chi connectivity index (χ0v) is 12.4. The first-order valence-corrected chi connectivity index (χ1v) is 7.80. The summed E-state index contributed by atoms with van der Waals surface area (Å²) in [6, 6.07) is 5.20. The highest BCUT2D eigenvalue weighted by atomic mass is 19.1. The maximum absolute atomic E-state index is 13.5. The predicted octanol–water partition coefficient (Wildman–Crippen LogP) is 4.06. The molecule has 1 fully saturated rings. The molecule has 1 heterocycles. The van der Waals surface area contributed by atoms with E-state index in [9.17, 15) is 4.39 Å². The van der Waals surface area contributed by atoms with Gasteiger partial charge in [-0.25, -0.2) is 4.39 Å². The van der Waals surface area contributed by atoms with Crippen LogP contribution in [0.25, 0.3) is 0 Å². The molecule has 3 heteroatoms. The molecule has 3 rings (SSSR count). The molecule has 2 aliphatic rings. The van der Waals surface area contributed by atoms with Gasteiger partial charge in [0.1, 0.15) is 17.7 Å². The molecule has 0 amide bonds. The minimum Gasteiger partial charge on any atom is -0.490 e. The largest absolute Gasteiger partial charge is 0.490 e. The number of fused-ring (bicyclic) bond motifs is 1. The van der Waals surface area contributed by atoms with Crippen LogP contribution in [0.1, 0.15) is 50.6 Å². The van der Waals surface area contributed by atoms with E-state index < -0.39 is 0 Å². The number of hydrogen-bond donors (Lipinski definition) is 1. The Balaban J connectivity index is 1.82.